The minimum Gasteiger partial charge on any atom is -0.378 e. The molecular formula is C22H29N5O3. The number of piperazine rings is 1. The predicted octanol–water partition coefficient (Wildman–Crippen LogP) is 2.38. The molecule has 8 nitrogen and oxygen atoms in total. The maximum atomic E-state index is 12.7. The van der Waals surface area contributed by atoms with Gasteiger partial charge >= 0.3 is 0 Å². The number of carbonyl (C=O) groups is 1. The number of anilines is 1. The number of non-ortho nitro benzene ring substituents is 1. The Balaban J connectivity index is 1.76. The van der Waals surface area contributed by atoms with Crippen molar-refractivity contribution in [2.24, 2.45) is 0 Å². The Kier molecular flexibility index (Phi) is 7.02. The lowest BCUT2D eigenvalue weighted by Crippen LogP contribution is -2.48. The number of likely N-dealkylation sites (N-methyl/N-ethyl adjacent to an activating group) is 1. The van der Waals surface area contributed by atoms with Crippen molar-refractivity contribution >= 4 is 17.3 Å². The molecule has 0 saturated carbocycles. The van der Waals surface area contributed by atoms with Gasteiger partial charge in [-0.15, -0.1) is 0 Å². The van der Waals surface area contributed by atoms with E-state index in [1.807, 2.05) is 14.1 Å². The third-order valence-electron chi connectivity index (χ3n) is 5.55. The van der Waals surface area contributed by atoms with Crippen LogP contribution in [0.5, 0.6) is 0 Å². The highest BCUT2D eigenvalue weighted by molar-refractivity contribution is 5.94. The Morgan fingerprint density at radius 3 is 2.40 bits per heavy atom. The van der Waals surface area contributed by atoms with Crippen LogP contribution in [0.3, 0.4) is 0 Å². The van der Waals surface area contributed by atoms with Crippen molar-refractivity contribution in [3.8, 4) is 0 Å². The number of amides is 1. The van der Waals surface area contributed by atoms with Crippen molar-refractivity contribution in [1.82, 2.24) is 15.1 Å². The van der Waals surface area contributed by atoms with Gasteiger partial charge in [-0.3, -0.25) is 19.8 Å². The van der Waals surface area contributed by atoms with E-state index in [4.69, 9.17) is 0 Å². The largest absolute Gasteiger partial charge is 0.378 e. The second-order valence-corrected chi connectivity index (χ2v) is 7.86. The predicted molar refractivity (Wildman–Crippen MR) is 118 cm³/mol. The minimum absolute atomic E-state index is 0.0394. The normalized spacial score (nSPS) is 16.1. The van der Waals surface area contributed by atoms with Crippen molar-refractivity contribution in [2.75, 3.05) is 58.8 Å². The van der Waals surface area contributed by atoms with E-state index >= 15 is 0 Å². The number of benzene rings is 2. The molecule has 0 radical (unpaired) electrons. The molecule has 0 aromatic heterocycles. The SMILES string of the molecule is CN1CCN([C@H](CNC(=O)c2cccc([N+](=O)[O-])c2)c2ccc(N(C)C)cc2)CC1. The summed E-state index contributed by atoms with van der Waals surface area (Å²) >= 11 is 0. The number of nitro benzene ring substituents is 1. The van der Waals surface area contributed by atoms with Gasteiger partial charge in [0.2, 0.25) is 0 Å². The van der Waals surface area contributed by atoms with Crippen molar-refractivity contribution in [2.45, 2.75) is 6.04 Å². The topological polar surface area (TPSA) is 82.0 Å². The van der Waals surface area contributed by atoms with Gasteiger partial charge in [-0.1, -0.05) is 18.2 Å². The first-order valence-corrected chi connectivity index (χ1v) is 10.1. The fourth-order valence-electron chi connectivity index (χ4n) is 3.64. The quantitative estimate of drug-likeness (QED) is 0.557. The van der Waals surface area contributed by atoms with E-state index in [0.29, 0.717) is 12.1 Å². The molecule has 1 heterocycles. The molecule has 3 rings (SSSR count). The van der Waals surface area contributed by atoms with Crippen LogP contribution in [-0.2, 0) is 0 Å². The molecular weight excluding hydrogens is 382 g/mol. The Morgan fingerprint density at radius 2 is 1.80 bits per heavy atom. The van der Waals surface area contributed by atoms with Gasteiger partial charge in [0.05, 0.1) is 11.0 Å². The Labute approximate surface area is 177 Å². The zero-order chi connectivity index (χ0) is 21.7. The summed E-state index contributed by atoms with van der Waals surface area (Å²) < 4.78 is 0. The van der Waals surface area contributed by atoms with Crippen LogP contribution in [0.2, 0.25) is 0 Å². The van der Waals surface area contributed by atoms with Crippen LogP contribution in [0.15, 0.2) is 48.5 Å². The van der Waals surface area contributed by atoms with E-state index in [0.717, 1.165) is 37.4 Å². The average molecular weight is 412 g/mol. The van der Waals surface area contributed by atoms with Crippen LogP contribution in [0.4, 0.5) is 11.4 Å². The van der Waals surface area contributed by atoms with Gasteiger partial charge in [-0.25, -0.2) is 0 Å². The second-order valence-electron chi connectivity index (χ2n) is 7.86. The van der Waals surface area contributed by atoms with E-state index in [1.54, 1.807) is 6.07 Å². The third kappa shape index (κ3) is 5.34. The summed E-state index contributed by atoms with van der Waals surface area (Å²) in [6.45, 7) is 4.23. The molecule has 1 atom stereocenters. The van der Waals surface area contributed by atoms with E-state index in [-0.39, 0.29) is 17.6 Å². The summed E-state index contributed by atoms with van der Waals surface area (Å²) in [4.78, 5) is 29.9. The van der Waals surface area contributed by atoms with Gasteiger partial charge in [0, 0.05) is 70.2 Å². The van der Waals surface area contributed by atoms with Gasteiger partial charge in [-0.2, -0.15) is 0 Å². The van der Waals surface area contributed by atoms with Gasteiger partial charge in [0.25, 0.3) is 11.6 Å². The first-order chi connectivity index (χ1) is 14.3. The Hall–Kier alpha value is -2.97. The molecule has 160 valence electrons. The molecule has 0 unspecified atom stereocenters. The number of hydrogen-bond donors (Lipinski definition) is 1. The monoisotopic (exact) mass is 411 g/mol. The lowest BCUT2D eigenvalue weighted by atomic mass is 10.0. The van der Waals surface area contributed by atoms with Crippen LogP contribution in [0, 0.1) is 10.1 Å². The number of nitro groups is 1. The molecule has 1 saturated heterocycles. The molecule has 0 bridgehead atoms. The Morgan fingerprint density at radius 1 is 1.13 bits per heavy atom. The summed E-state index contributed by atoms with van der Waals surface area (Å²) in [6.07, 6.45) is 0. The van der Waals surface area contributed by atoms with E-state index in [2.05, 4.69) is 51.3 Å². The number of rotatable bonds is 7. The highest BCUT2D eigenvalue weighted by atomic mass is 16.6. The molecule has 0 spiro atoms. The van der Waals surface area contributed by atoms with Gasteiger partial charge in [0.15, 0.2) is 0 Å². The van der Waals surface area contributed by atoms with Crippen LogP contribution in [-0.4, -0.2) is 74.5 Å². The van der Waals surface area contributed by atoms with Crippen molar-refractivity contribution in [3.05, 3.63) is 69.8 Å². The maximum Gasteiger partial charge on any atom is 0.270 e. The van der Waals surface area contributed by atoms with Crippen molar-refractivity contribution in [3.63, 3.8) is 0 Å². The fraction of sp³-hybridized carbons (Fsp3) is 0.409. The van der Waals surface area contributed by atoms with E-state index < -0.39 is 4.92 Å². The molecule has 2 aromatic rings. The molecule has 1 aliphatic heterocycles. The van der Waals surface area contributed by atoms with Gasteiger partial charge < -0.3 is 15.1 Å². The van der Waals surface area contributed by atoms with Crippen molar-refractivity contribution < 1.29 is 9.72 Å². The highest BCUT2D eigenvalue weighted by Gasteiger charge is 2.25. The molecule has 1 N–H and O–H groups in total. The van der Waals surface area contributed by atoms with Crippen LogP contribution in [0.1, 0.15) is 22.0 Å². The zero-order valence-electron chi connectivity index (χ0n) is 17.7. The highest BCUT2D eigenvalue weighted by Crippen LogP contribution is 2.24. The smallest absolute Gasteiger partial charge is 0.270 e. The summed E-state index contributed by atoms with van der Waals surface area (Å²) in [5, 5.41) is 14.0. The second kappa shape index (κ2) is 9.69. The maximum absolute atomic E-state index is 12.7. The van der Waals surface area contributed by atoms with Crippen molar-refractivity contribution in [1.29, 1.82) is 0 Å². The zero-order valence-corrected chi connectivity index (χ0v) is 17.7. The number of carbonyl (C=O) groups excluding carboxylic acids is 1. The average Bonchev–Trinajstić information content (AvgIpc) is 2.75. The first-order valence-electron chi connectivity index (χ1n) is 10.1. The Bertz CT molecular complexity index is 877. The fourth-order valence-corrected chi connectivity index (χ4v) is 3.64. The van der Waals surface area contributed by atoms with Crippen LogP contribution in [0.25, 0.3) is 0 Å². The van der Waals surface area contributed by atoms with Gasteiger partial charge in [-0.05, 0) is 30.8 Å². The molecule has 1 aliphatic rings. The molecule has 0 aliphatic carbocycles. The lowest BCUT2D eigenvalue weighted by Gasteiger charge is -2.38. The third-order valence-corrected chi connectivity index (χ3v) is 5.55. The number of hydrogen-bond acceptors (Lipinski definition) is 6. The molecule has 1 fully saturated rings. The summed E-state index contributed by atoms with van der Waals surface area (Å²) in [5.41, 5.74) is 2.47. The molecule has 8 heteroatoms. The summed E-state index contributed by atoms with van der Waals surface area (Å²) in [7, 11) is 6.13. The minimum atomic E-state index is -0.490. The molecule has 2 aromatic carbocycles. The first kappa shape index (κ1) is 21.7. The van der Waals surface area contributed by atoms with Crippen LogP contribution < -0.4 is 10.2 Å². The van der Waals surface area contributed by atoms with Gasteiger partial charge in [0.1, 0.15) is 0 Å². The number of nitrogens with one attached hydrogen (secondary N) is 1. The summed E-state index contributed by atoms with van der Waals surface area (Å²) in [5.74, 6) is -0.303. The van der Waals surface area contributed by atoms with E-state index in [1.165, 1.54) is 18.2 Å². The lowest BCUT2D eigenvalue weighted by molar-refractivity contribution is -0.384. The molecule has 1 amide bonds. The summed E-state index contributed by atoms with van der Waals surface area (Å²) in [6, 6.07) is 14.3. The van der Waals surface area contributed by atoms with Crippen LogP contribution >= 0.6 is 0 Å². The molecule has 30 heavy (non-hydrogen) atoms. The number of nitrogens with zero attached hydrogens (tertiary/aromatic N) is 4. The standard InChI is InChI=1S/C22H29N5O3/c1-24(2)19-9-7-17(8-10-19)21(26-13-11-25(3)12-14-26)16-23-22(28)18-5-4-6-20(15-18)27(29)30/h4-10,15,21H,11-14,16H2,1-3H3,(H,23,28)/t21-/m1/s1. The van der Waals surface area contributed by atoms with E-state index in [9.17, 15) is 14.9 Å².